The number of anilines is 1. The molecule has 0 saturated carbocycles. The van der Waals surface area contributed by atoms with E-state index in [1.54, 1.807) is 13.0 Å². The monoisotopic (exact) mass is 507 g/mol. The number of thioether (sulfide) groups is 1. The molecule has 1 amide bonds. The molecule has 0 aromatic heterocycles. The van der Waals surface area contributed by atoms with Crippen LogP contribution in [-0.2, 0) is 14.3 Å². The molecule has 2 heterocycles. The van der Waals surface area contributed by atoms with Crippen molar-refractivity contribution in [3.8, 4) is 11.5 Å². The van der Waals surface area contributed by atoms with E-state index >= 15 is 0 Å². The lowest BCUT2D eigenvalue weighted by atomic mass is 9.94. The van der Waals surface area contributed by atoms with Crippen LogP contribution < -0.4 is 14.8 Å². The molecule has 2 aliphatic rings. The van der Waals surface area contributed by atoms with E-state index in [-0.39, 0.29) is 19.1 Å². The highest BCUT2D eigenvalue weighted by atomic mass is 32.2. The van der Waals surface area contributed by atoms with Crippen molar-refractivity contribution >= 4 is 34.5 Å². The first kappa shape index (κ1) is 25.4. The molecule has 0 aliphatic carbocycles. The highest BCUT2D eigenvalue weighted by Crippen LogP contribution is 2.43. The van der Waals surface area contributed by atoms with Gasteiger partial charge in [0.25, 0.3) is 5.91 Å². The number of benzene rings is 2. The number of rotatable bonds is 9. The van der Waals surface area contributed by atoms with E-state index in [2.05, 4.69) is 10.3 Å². The average Bonchev–Trinajstić information content (AvgIpc) is 3.30. The fourth-order valence-electron chi connectivity index (χ4n) is 4.04. The van der Waals surface area contributed by atoms with Crippen LogP contribution in [0.4, 0.5) is 5.69 Å². The molecule has 2 aromatic carbocycles. The summed E-state index contributed by atoms with van der Waals surface area (Å²) >= 11 is 1.49. The number of ether oxygens (including phenoxy) is 3. The van der Waals surface area contributed by atoms with Crippen molar-refractivity contribution in [1.82, 2.24) is 4.90 Å². The lowest BCUT2D eigenvalue weighted by Gasteiger charge is -2.33. The Kier molecular flexibility index (Phi) is 8.00. The summed E-state index contributed by atoms with van der Waals surface area (Å²) in [6.07, 6.45) is 1.90. The number of nitrogens with zero attached hydrogens (tertiary/aromatic N) is 2. The van der Waals surface area contributed by atoms with E-state index in [9.17, 15) is 9.59 Å². The first-order valence-corrected chi connectivity index (χ1v) is 12.6. The van der Waals surface area contributed by atoms with Gasteiger partial charge in [0, 0.05) is 11.9 Å². The first-order chi connectivity index (χ1) is 17.4. The maximum absolute atomic E-state index is 12.9. The number of amides is 1. The van der Waals surface area contributed by atoms with Gasteiger partial charge in [-0.1, -0.05) is 30.0 Å². The molecular weight excluding hydrogens is 478 g/mol. The van der Waals surface area contributed by atoms with Gasteiger partial charge in [-0.3, -0.25) is 4.79 Å². The predicted octanol–water partition coefficient (Wildman–Crippen LogP) is 5.18. The molecule has 36 heavy (non-hydrogen) atoms. The lowest BCUT2D eigenvalue weighted by Crippen LogP contribution is -2.34. The second kappa shape index (κ2) is 11.3. The number of aryl methyl sites for hydroxylation is 1. The molecule has 4 rings (SSSR count). The molecule has 0 bridgehead atoms. The van der Waals surface area contributed by atoms with E-state index in [0.29, 0.717) is 35.1 Å². The quantitative estimate of drug-likeness (QED) is 0.468. The van der Waals surface area contributed by atoms with Gasteiger partial charge in [-0.05, 0) is 68.5 Å². The van der Waals surface area contributed by atoms with Gasteiger partial charge in [0.05, 0.1) is 30.5 Å². The molecule has 0 spiro atoms. The molecule has 0 fully saturated rings. The van der Waals surface area contributed by atoms with E-state index < -0.39 is 12.0 Å². The maximum Gasteiger partial charge on any atom is 0.338 e. The zero-order valence-corrected chi connectivity index (χ0v) is 21.6. The summed E-state index contributed by atoms with van der Waals surface area (Å²) < 4.78 is 17.0. The molecular formula is C27H29N3O5S. The van der Waals surface area contributed by atoms with Gasteiger partial charge in [0.15, 0.2) is 23.3 Å². The molecule has 2 aromatic rings. The van der Waals surface area contributed by atoms with Crippen LogP contribution in [0.5, 0.6) is 11.5 Å². The van der Waals surface area contributed by atoms with E-state index in [1.807, 2.05) is 73.7 Å². The Labute approximate surface area is 215 Å². The van der Waals surface area contributed by atoms with E-state index in [1.165, 1.54) is 11.8 Å². The van der Waals surface area contributed by atoms with Crippen LogP contribution in [0, 0.1) is 6.92 Å². The fourth-order valence-corrected chi connectivity index (χ4v) is 4.83. The van der Waals surface area contributed by atoms with Crippen LogP contribution >= 0.6 is 11.8 Å². The number of hydrogen-bond donors (Lipinski definition) is 1. The van der Waals surface area contributed by atoms with Gasteiger partial charge in [-0.25, -0.2) is 9.79 Å². The SMILES string of the molecule is CCOC(=O)C1=C(C)N=C2SC=CN2[C@H]1c1ccc(OCC(=O)Nc2cccc(C)c2)c(OCC)c1. The summed E-state index contributed by atoms with van der Waals surface area (Å²) in [7, 11) is 0. The van der Waals surface area contributed by atoms with Crippen molar-refractivity contribution in [3.05, 3.63) is 76.5 Å². The molecule has 8 nitrogen and oxygen atoms in total. The van der Waals surface area contributed by atoms with E-state index in [0.717, 1.165) is 16.3 Å². The number of aliphatic imine (C=N–C) groups is 1. The third-order valence-electron chi connectivity index (χ3n) is 5.56. The number of amidine groups is 1. The molecule has 0 unspecified atom stereocenters. The van der Waals surface area contributed by atoms with E-state index in [4.69, 9.17) is 14.2 Å². The van der Waals surface area contributed by atoms with Crippen LogP contribution in [0.1, 0.15) is 37.9 Å². The van der Waals surface area contributed by atoms with Gasteiger partial charge in [0.2, 0.25) is 0 Å². The molecule has 1 N–H and O–H groups in total. The maximum atomic E-state index is 12.9. The Bertz CT molecular complexity index is 1250. The molecule has 0 saturated heterocycles. The zero-order chi connectivity index (χ0) is 25.7. The Morgan fingerprint density at radius 2 is 1.89 bits per heavy atom. The van der Waals surface area contributed by atoms with Crippen LogP contribution in [-0.4, -0.2) is 41.8 Å². The minimum absolute atomic E-state index is 0.174. The topological polar surface area (TPSA) is 89.5 Å². The van der Waals surface area contributed by atoms with Crippen LogP contribution in [0.3, 0.4) is 0 Å². The van der Waals surface area contributed by atoms with Gasteiger partial charge in [-0.2, -0.15) is 0 Å². The standard InChI is InChI=1S/C27H29N3O5S/c1-5-33-22-15-19(10-11-21(22)35-16-23(31)29-20-9-7-8-17(3)14-20)25-24(26(32)34-6-2)18(4)28-27-30(25)12-13-36-27/h7-15,25H,5-6,16H2,1-4H3,(H,29,31)/t25-/m0/s1. The predicted molar refractivity (Wildman–Crippen MR) is 141 cm³/mol. The Morgan fingerprint density at radius 3 is 2.64 bits per heavy atom. The zero-order valence-electron chi connectivity index (χ0n) is 20.7. The van der Waals surface area contributed by atoms with Crippen molar-refractivity contribution in [3.63, 3.8) is 0 Å². The number of nitrogens with one attached hydrogen (secondary N) is 1. The summed E-state index contributed by atoms with van der Waals surface area (Å²) in [5.41, 5.74) is 3.67. The molecule has 0 radical (unpaired) electrons. The Hall–Kier alpha value is -3.72. The smallest absolute Gasteiger partial charge is 0.338 e. The number of fused-ring (bicyclic) bond motifs is 1. The summed E-state index contributed by atoms with van der Waals surface area (Å²) in [6.45, 7) is 7.93. The molecule has 9 heteroatoms. The third kappa shape index (κ3) is 5.57. The van der Waals surface area contributed by atoms with Crippen molar-refractivity contribution in [2.75, 3.05) is 25.1 Å². The highest BCUT2D eigenvalue weighted by Gasteiger charge is 2.37. The number of carbonyl (C=O) groups excluding carboxylic acids is 2. The van der Waals surface area contributed by atoms with Gasteiger partial charge < -0.3 is 24.4 Å². The summed E-state index contributed by atoms with van der Waals surface area (Å²) in [5, 5.41) is 5.56. The second-order valence-corrected chi connectivity index (χ2v) is 9.05. The Balaban J connectivity index is 1.58. The third-order valence-corrected chi connectivity index (χ3v) is 6.33. The number of esters is 1. The summed E-state index contributed by atoms with van der Waals surface area (Å²) in [4.78, 5) is 31.9. The van der Waals surface area contributed by atoms with Gasteiger partial charge in [-0.15, -0.1) is 0 Å². The van der Waals surface area contributed by atoms with Crippen molar-refractivity contribution < 1.29 is 23.8 Å². The fraction of sp³-hybridized carbons (Fsp3) is 0.296. The van der Waals surface area contributed by atoms with Crippen molar-refractivity contribution in [2.24, 2.45) is 4.99 Å². The van der Waals surface area contributed by atoms with Gasteiger partial charge in [0.1, 0.15) is 0 Å². The molecule has 188 valence electrons. The molecule has 2 aliphatic heterocycles. The summed E-state index contributed by atoms with van der Waals surface area (Å²) in [5.74, 6) is 0.246. The van der Waals surface area contributed by atoms with Crippen LogP contribution in [0.2, 0.25) is 0 Å². The average molecular weight is 508 g/mol. The highest BCUT2D eigenvalue weighted by molar-refractivity contribution is 8.16. The largest absolute Gasteiger partial charge is 0.490 e. The van der Waals surface area contributed by atoms with Crippen LogP contribution in [0.25, 0.3) is 0 Å². The van der Waals surface area contributed by atoms with Gasteiger partial charge >= 0.3 is 5.97 Å². The normalized spacial score (nSPS) is 16.4. The first-order valence-electron chi connectivity index (χ1n) is 11.8. The lowest BCUT2D eigenvalue weighted by molar-refractivity contribution is -0.139. The summed E-state index contributed by atoms with van der Waals surface area (Å²) in [6, 6.07) is 12.6. The number of carbonyl (C=O) groups is 2. The number of allylic oxidation sites excluding steroid dienone is 1. The van der Waals surface area contributed by atoms with Crippen molar-refractivity contribution in [2.45, 2.75) is 33.7 Å². The van der Waals surface area contributed by atoms with Crippen molar-refractivity contribution in [1.29, 1.82) is 0 Å². The Morgan fingerprint density at radius 1 is 1.06 bits per heavy atom. The number of hydrogen-bond acceptors (Lipinski definition) is 8. The minimum Gasteiger partial charge on any atom is -0.490 e. The second-order valence-electron chi connectivity index (χ2n) is 8.17. The molecule has 1 atom stereocenters. The van der Waals surface area contributed by atoms with Crippen LogP contribution in [0.15, 0.2) is 70.3 Å². The minimum atomic E-state index is -0.430.